The van der Waals surface area contributed by atoms with Gasteiger partial charge in [-0.15, -0.1) is 0 Å². The molecule has 0 aliphatic heterocycles. The van der Waals surface area contributed by atoms with Crippen LogP contribution in [0.1, 0.15) is 26.1 Å². The van der Waals surface area contributed by atoms with Crippen LogP contribution in [0.25, 0.3) is 0 Å². The van der Waals surface area contributed by atoms with Crippen molar-refractivity contribution in [1.82, 2.24) is 0 Å². The van der Waals surface area contributed by atoms with Gasteiger partial charge in [-0.25, -0.2) is 4.79 Å². The number of para-hydroxylation sites is 1. The first-order chi connectivity index (χ1) is 7.65. The van der Waals surface area contributed by atoms with Gasteiger partial charge >= 0.3 is 35.0 Å². The summed E-state index contributed by atoms with van der Waals surface area (Å²) >= 11 is 0. The molecule has 1 aromatic carbocycles. The van der Waals surface area contributed by atoms with Crippen LogP contribution in [0.2, 0.25) is 0 Å². The number of carboxylic acids is 1. The summed E-state index contributed by atoms with van der Waals surface area (Å²) in [5.74, 6) is -1.53. The third-order valence-electron chi connectivity index (χ3n) is 1.93. The number of benzene rings is 1. The summed E-state index contributed by atoms with van der Waals surface area (Å²) in [7, 11) is 0. The second kappa shape index (κ2) is 8.05. The van der Waals surface area contributed by atoms with E-state index < -0.39 is 11.9 Å². The van der Waals surface area contributed by atoms with E-state index in [0.29, 0.717) is 13.0 Å². The van der Waals surface area contributed by atoms with Crippen LogP contribution in [-0.2, 0) is 4.79 Å². The van der Waals surface area contributed by atoms with Gasteiger partial charge in [0.15, 0.2) is 0 Å². The molecule has 0 aliphatic rings. The van der Waals surface area contributed by atoms with Crippen molar-refractivity contribution in [3.63, 3.8) is 0 Å². The van der Waals surface area contributed by atoms with Gasteiger partial charge in [0, 0.05) is 6.42 Å². The van der Waals surface area contributed by atoms with E-state index in [4.69, 9.17) is 15.6 Å². The normalized spacial score (nSPS) is 9.24. The summed E-state index contributed by atoms with van der Waals surface area (Å²) in [5, 5.41) is 8.84. The van der Waals surface area contributed by atoms with Gasteiger partial charge in [0.1, 0.15) is 11.3 Å². The number of carbonyl (C=O) groups excluding carboxylic acids is 1. The second-order valence-electron chi connectivity index (χ2n) is 3.17. The van der Waals surface area contributed by atoms with Crippen molar-refractivity contribution < 1.29 is 22.3 Å². The molecule has 6 heteroatoms. The molecule has 0 aliphatic carbocycles. The Kier molecular flexibility index (Phi) is 7.52. The van der Waals surface area contributed by atoms with Gasteiger partial charge in [0.05, 0.1) is 0 Å². The SMILES string of the molecule is NCCCC(=O)Oc1ccccc1C(=O)O.[H-].[H-].[Mg+2]. The predicted molar refractivity (Wildman–Crippen MR) is 65.3 cm³/mol. The minimum atomic E-state index is -1.12. The number of rotatable bonds is 5. The number of nitrogens with two attached hydrogens (primary N) is 1. The summed E-state index contributed by atoms with van der Waals surface area (Å²) in [6, 6.07) is 6.01. The molecule has 0 amide bonds. The van der Waals surface area contributed by atoms with E-state index in [9.17, 15) is 9.59 Å². The van der Waals surface area contributed by atoms with Crippen molar-refractivity contribution in [2.45, 2.75) is 12.8 Å². The Bertz CT molecular complexity index is 404. The quantitative estimate of drug-likeness (QED) is 0.459. The first-order valence-corrected chi connectivity index (χ1v) is 4.88. The van der Waals surface area contributed by atoms with Gasteiger partial charge in [0.2, 0.25) is 0 Å². The maximum Gasteiger partial charge on any atom is 2.00 e. The largest absolute Gasteiger partial charge is 2.00 e. The molecule has 17 heavy (non-hydrogen) atoms. The van der Waals surface area contributed by atoms with Crippen LogP contribution in [0, 0.1) is 0 Å². The number of ether oxygens (including phenoxy) is 1. The van der Waals surface area contributed by atoms with E-state index in [0.717, 1.165) is 0 Å². The maximum absolute atomic E-state index is 11.3. The third kappa shape index (κ3) is 5.16. The Morgan fingerprint density at radius 1 is 1.35 bits per heavy atom. The summed E-state index contributed by atoms with van der Waals surface area (Å²) < 4.78 is 4.93. The molecule has 0 fully saturated rings. The standard InChI is InChI=1S/C11H13NO4.Mg.2H/c12-7-3-6-10(13)16-9-5-2-1-4-8(9)11(14)15;;;/h1-2,4-5H,3,6-7,12H2,(H,14,15);;;/q;+2;2*-1. The van der Waals surface area contributed by atoms with Crippen molar-refractivity contribution in [2.75, 3.05) is 6.54 Å². The molecule has 0 spiro atoms. The Hall–Kier alpha value is -1.11. The molecule has 0 saturated carbocycles. The molecular weight excluding hydrogens is 234 g/mol. The van der Waals surface area contributed by atoms with E-state index in [1.807, 2.05) is 0 Å². The second-order valence-corrected chi connectivity index (χ2v) is 3.17. The van der Waals surface area contributed by atoms with Crippen LogP contribution in [0.5, 0.6) is 5.75 Å². The van der Waals surface area contributed by atoms with E-state index in [1.54, 1.807) is 12.1 Å². The number of carboxylic acid groups (broad SMARTS) is 1. The fourth-order valence-electron chi connectivity index (χ4n) is 1.15. The average Bonchev–Trinajstić information content (AvgIpc) is 2.27. The monoisotopic (exact) mass is 249 g/mol. The molecular formula is C11H15MgNO4. The van der Waals surface area contributed by atoms with Gasteiger partial charge in [-0.2, -0.15) is 0 Å². The zero-order valence-corrected chi connectivity index (χ0v) is 10.8. The van der Waals surface area contributed by atoms with Gasteiger partial charge in [0.25, 0.3) is 0 Å². The van der Waals surface area contributed by atoms with Gasteiger partial charge in [-0.3, -0.25) is 4.79 Å². The number of carbonyl (C=O) groups is 2. The number of hydrogen-bond acceptors (Lipinski definition) is 4. The summed E-state index contributed by atoms with van der Waals surface area (Å²) in [6.07, 6.45) is 0.707. The topological polar surface area (TPSA) is 89.6 Å². The predicted octanol–water partition coefficient (Wildman–Crippen LogP) is 0.873. The van der Waals surface area contributed by atoms with Crippen LogP contribution >= 0.6 is 0 Å². The van der Waals surface area contributed by atoms with Crippen LogP contribution < -0.4 is 10.5 Å². The van der Waals surface area contributed by atoms with Gasteiger partial charge in [-0.1, -0.05) is 12.1 Å². The molecule has 0 heterocycles. The van der Waals surface area contributed by atoms with Crippen LogP contribution in [0.4, 0.5) is 0 Å². The van der Waals surface area contributed by atoms with Crippen LogP contribution in [0.3, 0.4) is 0 Å². The fraction of sp³-hybridized carbons (Fsp3) is 0.273. The number of esters is 1. The Morgan fingerprint density at radius 2 is 2.00 bits per heavy atom. The fourth-order valence-corrected chi connectivity index (χ4v) is 1.15. The Labute approximate surface area is 118 Å². The Morgan fingerprint density at radius 3 is 2.59 bits per heavy atom. The smallest absolute Gasteiger partial charge is 1.00 e. The minimum Gasteiger partial charge on any atom is -1.00 e. The average molecular weight is 250 g/mol. The van der Waals surface area contributed by atoms with Crippen molar-refractivity contribution >= 4 is 35.0 Å². The first-order valence-electron chi connectivity index (χ1n) is 4.88. The molecule has 90 valence electrons. The zero-order chi connectivity index (χ0) is 12.0. The number of aromatic carboxylic acids is 1. The third-order valence-corrected chi connectivity index (χ3v) is 1.93. The molecule has 3 N–H and O–H groups in total. The molecule has 0 saturated heterocycles. The van der Waals surface area contributed by atoms with Crippen molar-refractivity contribution in [1.29, 1.82) is 0 Å². The first kappa shape index (κ1) is 15.9. The molecule has 5 nitrogen and oxygen atoms in total. The van der Waals surface area contributed by atoms with Gasteiger partial charge in [-0.05, 0) is 25.1 Å². The summed E-state index contributed by atoms with van der Waals surface area (Å²) in [5.41, 5.74) is 5.22. The number of hydrogen-bond donors (Lipinski definition) is 2. The van der Waals surface area contributed by atoms with Crippen LogP contribution in [-0.4, -0.2) is 46.6 Å². The zero-order valence-electron chi connectivity index (χ0n) is 11.4. The van der Waals surface area contributed by atoms with Crippen molar-refractivity contribution in [2.24, 2.45) is 5.73 Å². The van der Waals surface area contributed by atoms with Crippen molar-refractivity contribution in [3.05, 3.63) is 29.8 Å². The van der Waals surface area contributed by atoms with E-state index in [2.05, 4.69) is 0 Å². The molecule has 0 radical (unpaired) electrons. The van der Waals surface area contributed by atoms with Crippen molar-refractivity contribution in [3.8, 4) is 5.75 Å². The molecule has 0 atom stereocenters. The summed E-state index contributed by atoms with van der Waals surface area (Å²) in [4.78, 5) is 22.1. The Balaban J connectivity index is -0.000000853. The summed E-state index contributed by atoms with van der Waals surface area (Å²) in [6.45, 7) is 0.398. The maximum atomic E-state index is 11.3. The van der Waals surface area contributed by atoms with E-state index in [1.165, 1.54) is 12.1 Å². The molecule has 0 bridgehead atoms. The molecule has 0 unspecified atom stereocenters. The van der Waals surface area contributed by atoms with E-state index >= 15 is 0 Å². The van der Waals surface area contributed by atoms with E-state index in [-0.39, 0.29) is 43.6 Å². The van der Waals surface area contributed by atoms with Gasteiger partial charge < -0.3 is 18.4 Å². The molecule has 1 aromatic rings. The molecule has 1 rings (SSSR count). The minimum absolute atomic E-state index is 0. The molecule has 0 aromatic heterocycles. The van der Waals surface area contributed by atoms with Crippen LogP contribution in [0.15, 0.2) is 24.3 Å².